The molecule has 0 saturated carbocycles. The van der Waals surface area contributed by atoms with Gasteiger partial charge in [-0.3, -0.25) is 0 Å². The second-order valence-corrected chi connectivity index (χ2v) is 8.05. The highest BCUT2D eigenvalue weighted by Crippen LogP contribution is 2.44. The Labute approximate surface area is 204 Å². The molecular formula is C23H27F5N6O2. The van der Waals surface area contributed by atoms with E-state index in [4.69, 9.17) is 15.2 Å². The van der Waals surface area contributed by atoms with Crippen LogP contribution in [0.25, 0.3) is 22.2 Å². The molecule has 2 aromatic heterocycles. The molecule has 8 nitrogen and oxygen atoms in total. The molecule has 0 amide bonds. The van der Waals surface area contributed by atoms with E-state index in [1.54, 1.807) is 14.0 Å². The second-order valence-electron chi connectivity index (χ2n) is 8.05. The van der Waals surface area contributed by atoms with Gasteiger partial charge in [0.05, 0.1) is 24.5 Å². The number of hydrogen-bond acceptors (Lipinski definition) is 8. The van der Waals surface area contributed by atoms with Gasteiger partial charge in [0.15, 0.2) is 5.82 Å². The predicted octanol–water partition coefficient (Wildman–Crippen LogP) is 4.70. The maximum atomic E-state index is 16.0. The van der Waals surface area contributed by atoms with Crippen LogP contribution < -0.4 is 25.8 Å². The molecule has 0 aliphatic heterocycles. The first-order chi connectivity index (χ1) is 16.9. The lowest BCUT2D eigenvalue weighted by atomic mass is 9.96. The summed E-state index contributed by atoms with van der Waals surface area (Å²) in [6.07, 6.45) is -4.95. The molecule has 1 atom stereocenters. The maximum Gasteiger partial charge on any atom is 0.417 e. The number of anilines is 2. The molecule has 2 heterocycles. The number of nitrogens with zero attached hydrogens (tertiary/aromatic N) is 3. The number of likely N-dealkylation sites (N-methyl/N-ethyl adjacent to an activating group) is 1. The number of hydrogen-bond donors (Lipinski definition) is 3. The fourth-order valence-electron chi connectivity index (χ4n) is 3.55. The van der Waals surface area contributed by atoms with Crippen molar-refractivity contribution >= 4 is 22.4 Å². The normalized spacial score (nSPS) is 12.6. The summed E-state index contributed by atoms with van der Waals surface area (Å²) in [5, 5.41) is 5.98. The Kier molecular flexibility index (Phi) is 8.02. The van der Waals surface area contributed by atoms with Crippen LogP contribution in [-0.2, 0) is 6.18 Å². The molecular weight excluding hydrogens is 487 g/mol. The third-order valence-electron chi connectivity index (χ3n) is 5.53. The highest BCUT2D eigenvalue weighted by Gasteiger charge is 2.39. The van der Waals surface area contributed by atoms with Crippen molar-refractivity contribution in [2.45, 2.75) is 39.5 Å². The third-order valence-corrected chi connectivity index (χ3v) is 5.53. The Balaban J connectivity index is 2.45. The number of benzene rings is 1. The zero-order valence-electron chi connectivity index (χ0n) is 20.4. The van der Waals surface area contributed by atoms with E-state index in [0.29, 0.717) is 25.6 Å². The van der Waals surface area contributed by atoms with Crippen LogP contribution in [0.1, 0.15) is 31.4 Å². The Hall–Kier alpha value is -3.48. The van der Waals surface area contributed by atoms with Crippen LogP contribution in [0.15, 0.2) is 6.07 Å². The van der Waals surface area contributed by atoms with Gasteiger partial charge in [-0.15, -0.1) is 0 Å². The second kappa shape index (κ2) is 10.6. The van der Waals surface area contributed by atoms with Gasteiger partial charge in [0.2, 0.25) is 5.88 Å². The van der Waals surface area contributed by atoms with Gasteiger partial charge in [0.25, 0.3) is 0 Å². The summed E-state index contributed by atoms with van der Waals surface area (Å²) in [5.74, 6) is -2.52. The highest BCUT2D eigenvalue weighted by atomic mass is 19.4. The van der Waals surface area contributed by atoms with Crippen molar-refractivity contribution in [3.8, 4) is 23.1 Å². The lowest BCUT2D eigenvalue weighted by Crippen LogP contribution is -2.19. The smallest absolute Gasteiger partial charge is 0.417 e. The average molecular weight is 514 g/mol. The van der Waals surface area contributed by atoms with Crippen molar-refractivity contribution in [3.05, 3.63) is 28.8 Å². The summed E-state index contributed by atoms with van der Waals surface area (Å²) >= 11 is 0. The topological polar surface area (TPSA) is 107 Å². The van der Waals surface area contributed by atoms with Gasteiger partial charge in [-0.2, -0.15) is 23.1 Å². The summed E-state index contributed by atoms with van der Waals surface area (Å²) < 4.78 is 83.4. The van der Waals surface area contributed by atoms with E-state index in [-0.39, 0.29) is 28.6 Å². The zero-order valence-corrected chi connectivity index (χ0v) is 20.4. The Morgan fingerprint density at radius 3 is 2.39 bits per heavy atom. The van der Waals surface area contributed by atoms with E-state index in [9.17, 15) is 17.6 Å². The van der Waals surface area contributed by atoms with Crippen LogP contribution in [-0.4, -0.2) is 48.3 Å². The molecule has 0 bridgehead atoms. The number of nitrogens with two attached hydrogens (primary N) is 1. The number of nitrogen functional groups attached to an aromatic ring is 1. The number of nitrogens with one attached hydrogen (secondary N) is 2. The molecule has 0 spiro atoms. The van der Waals surface area contributed by atoms with Crippen LogP contribution in [0.5, 0.6) is 11.9 Å². The van der Waals surface area contributed by atoms with Gasteiger partial charge in [0, 0.05) is 18.7 Å². The number of halogens is 5. The molecule has 3 rings (SSSR count). The fourth-order valence-corrected chi connectivity index (χ4v) is 3.55. The molecule has 0 aliphatic carbocycles. The molecule has 1 aromatic carbocycles. The number of alkyl halides is 3. The number of aromatic nitrogens is 3. The van der Waals surface area contributed by atoms with E-state index < -0.39 is 52.0 Å². The zero-order chi connectivity index (χ0) is 26.8. The van der Waals surface area contributed by atoms with Crippen LogP contribution >= 0.6 is 0 Å². The number of pyridine rings is 1. The van der Waals surface area contributed by atoms with Crippen molar-refractivity contribution in [2.24, 2.45) is 0 Å². The summed E-state index contributed by atoms with van der Waals surface area (Å²) in [6, 6.07) is 0.478. The highest BCUT2D eigenvalue weighted by molar-refractivity contribution is 5.96. The largest absolute Gasteiger partial charge is 0.474 e. The van der Waals surface area contributed by atoms with Crippen LogP contribution in [0.3, 0.4) is 0 Å². The van der Waals surface area contributed by atoms with Gasteiger partial charge in [-0.25, -0.2) is 13.8 Å². The van der Waals surface area contributed by atoms with Crippen molar-refractivity contribution in [1.29, 1.82) is 0 Å². The minimum Gasteiger partial charge on any atom is -0.474 e. The molecule has 13 heteroatoms. The summed E-state index contributed by atoms with van der Waals surface area (Å²) in [5.41, 5.74) is 0.989. The molecule has 0 fully saturated rings. The van der Waals surface area contributed by atoms with Crippen LogP contribution in [0.2, 0.25) is 0 Å². The summed E-state index contributed by atoms with van der Waals surface area (Å²) in [4.78, 5) is 12.4. The van der Waals surface area contributed by atoms with Gasteiger partial charge < -0.3 is 25.8 Å². The quantitative estimate of drug-likeness (QED) is 0.214. The standard InChI is InChI=1S/C23H27F5N6O2/c1-6-10(2)36-21-14-19(33-22(35-5)34-20(14)31-8-7-30-4)17(25)18(32-21)12-9-13(29)16(24)11(3)15(12)23(26,27)28/h9-10,30H,6-8,29H2,1-5H3,(H,31,33,34). The fraction of sp³-hybridized carbons (Fsp3) is 0.435. The number of fused-ring (bicyclic) bond motifs is 1. The minimum absolute atomic E-state index is 0.0221. The Bertz CT molecular complexity index is 1270. The number of ether oxygens (including phenoxy) is 2. The molecule has 1 unspecified atom stereocenters. The van der Waals surface area contributed by atoms with Crippen molar-refractivity contribution in [2.75, 3.05) is 38.3 Å². The van der Waals surface area contributed by atoms with Gasteiger partial charge in [-0.1, -0.05) is 6.92 Å². The summed E-state index contributed by atoms with van der Waals surface area (Å²) in [7, 11) is 3.00. The predicted molar refractivity (Wildman–Crippen MR) is 126 cm³/mol. The van der Waals surface area contributed by atoms with Gasteiger partial charge in [-0.05, 0) is 38.9 Å². The van der Waals surface area contributed by atoms with E-state index in [1.165, 1.54) is 7.11 Å². The average Bonchev–Trinajstić information content (AvgIpc) is 2.82. The number of rotatable bonds is 9. The molecule has 0 aliphatic rings. The minimum atomic E-state index is -5.03. The Morgan fingerprint density at radius 2 is 1.81 bits per heavy atom. The van der Waals surface area contributed by atoms with E-state index in [1.807, 2.05) is 6.92 Å². The monoisotopic (exact) mass is 514 g/mol. The van der Waals surface area contributed by atoms with Gasteiger partial charge >= 0.3 is 12.2 Å². The Morgan fingerprint density at radius 1 is 1.11 bits per heavy atom. The molecule has 3 aromatic rings. The third kappa shape index (κ3) is 5.20. The van der Waals surface area contributed by atoms with E-state index >= 15 is 4.39 Å². The molecule has 0 radical (unpaired) electrons. The summed E-state index contributed by atoms with van der Waals surface area (Å²) in [6.45, 7) is 5.35. The number of methoxy groups -OCH3 is 1. The lowest BCUT2D eigenvalue weighted by Gasteiger charge is -2.21. The SMILES string of the molecule is CCC(C)Oc1nc(-c2cc(N)c(F)c(C)c2C(F)(F)F)c(F)c2nc(OC)nc(NCCNC)c12. The molecule has 36 heavy (non-hydrogen) atoms. The van der Waals surface area contributed by atoms with Gasteiger partial charge in [0.1, 0.15) is 28.2 Å². The molecule has 4 N–H and O–H groups in total. The van der Waals surface area contributed by atoms with Crippen molar-refractivity contribution in [3.63, 3.8) is 0 Å². The van der Waals surface area contributed by atoms with Crippen molar-refractivity contribution < 1.29 is 31.4 Å². The molecule has 0 saturated heterocycles. The van der Waals surface area contributed by atoms with E-state index in [0.717, 1.165) is 6.92 Å². The van der Waals surface area contributed by atoms with E-state index in [2.05, 4.69) is 25.6 Å². The van der Waals surface area contributed by atoms with Crippen molar-refractivity contribution in [1.82, 2.24) is 20.3 Å². The first-order valence-electron chi connectivity index (χ1n) is 11.1. The van der Waals surface area contributed by atoms with Crippen LogP contribution in [0.4, 0.5) is 33.5 Å². The first-order valence-corrected chi connectivity index (χ1v) is 11.1. The first kappa shape index (κ1) is 27.1. The van der Waals surface area contributed by atoms with Crippen LogP contribution in [0, 0.1) is 18.6 Å². The lowest BCUT2D eigenvalue weighted by molar-refractivity contribution is -0.137. The maximum absolute atomic E-state index is 16.0. The molecule has 196 valence electrons.